The van der Waals surface area contributed by atoms with Crippen molar-refractivity contribution in [2.75, 3.05) is 6.54 Å². The van der Waals surface area contributed by atoms with Crippen molar-refractivity contribution >= 4 is 11.9 Å². The fraction of sp³-hybridized carbons (Fsp3) is 0.355. The number of benzene rings is 3. The number of aryl methyl sites for hydroxylation is 2. The molecule has 0 aromatic heterocycles. The summed E-state index contributed by atoms with van der Waals surface area (Å²) in [5, 5.41) is 20.5. The predicted molar refractivity (Wildman–Crippen MR) is 148 cm³/mol. The Kier molecular flexibility index (Phi) is 9.30. The number of alkyl halides is 3. The Labute approximate surface area is 233 Å². The number of aliphatic carboxylic acids is 1. The standard InChI is InChI=1S/C31H34F3NO5.H2/c1-18-14-24(15-19(2)27(18)21-10-12-23(13-11-21)31(32,33)34)40-26(16-30(3,4)5)20-6-8-22(9-7-20)28(37)35-17-25(36)29(38)39;/h6-15,25-26,36H,16-17H2,1-5H3,(H,35,37)(H,38,39);1H/t25-,26?;/m0./s1. The van der Waals surface area contributed by atoms with Crippen molar-refractivity contribution in [2.45, 2.75) is 59.4 Å². The predicted octanol–water partition coefficient (Wildman–Crippen LogP) is 6.97. The summed E-state index contributed by atoms with van der Waals surface area (Å²) >= 11 is 0. The van der Waals surface area contributed by atoms with E-state index in [0.29, 0.717) is 23.3 Å². The molecule has 2 atom stereocenters. The third-order valence-electron chi connectivity index (χ3n) is 6.37. The average Bonchev–Trinajstić information content (AvgIpc) is 2.85. The highest BCUT2D eigenvalue weighted by molar-refractivity contribution is 5.94. The molecule has 0 heterocycles. The molecule has 0 bridgehead atoms. The summed E-state index contributed by atoms with van der Waals surface area (Å²) < 4.78 is 45.4. The lowest BCUT2D eigenvalue weighted by Gasteiger charge is -2.28. The van der Waals surface area contributed by atoms with Gasteiger partial charge in [0, 0.05) is 6.99 Å². The number of hydrogen-bond acceptors (Lipinski definition) is 4. The topological polar surface area (TPSA) is 95.9 Å². The van der Waals surface area contributed by atoms with E-state index in [1.165, 1.54) is 12.1 Å². The van der Waals surface area contributed by atoms with Gasteiger partial charge in [0.25, 0.3) is 5.91 Å². The second-order valence-corrected chi connectivity index (χ2v) is 11.1. The molecule has 0 aliphatic carbocycles. The van der Waals surface area contributed by atoms with Gasteiger partial charge in [0.05, 0.1) is 12.1 Å². The number of amides is 1. The van der Waals surface area contributed by atoms with E-state index in [4.69, 9.17) is 9.84 Å². The van der Waals surface area contributed by atoms with Gasteiger partial charge in [0.15, 0.2) is 6.10 Å². The molecule has 0 aliphatic heterocycles. The monoisotopic (exact) mass is 559 g/mol. The van der Waals surface area contributed by atoms with Gasteiger partial charge in [-0.1, -0.05) is 45.0 Å². The number of carbonyl (C=O) groups excluding carboxylic acids is 1. The van der Waals surface area contributed by atoms with E-state index in [9.17, 15) is 27.9 Å². The summed E-state index contributed by atoms with van der Waals surface area (Å²) in [4.78, 5) is 23.1. The van der Waals surface area contributed by atoms with Crippen LogP contribution in [0.5, 0.6) is 5.75 Å². The first-order valence-electron chi connectivity index (χ1n) is 12.8. The quantitative estimate of drug-likeness (QED) is 0.263. The van der Waals surface area contributed by atoms with Crippen LogP contribution in [0.1, 0.15) is 67.3 Å². The minimum atomic E-state index is -4.40. The van der Waals surface area contributed by atoms with E-state index in [1.54, 1.807) is 24.3 Å². The van der Waals surface area contributed by atoms with Crippen LogP contribution in [0.2, 0.25) is 0 Å². The lowest BCUT2D eigenvalue weighted by molar-refractivity contribution is -0.146. The van der Waals surface area contributed by atoms with Gasteiger partial charge >= 0.3 is 12.1 Å². The molecule has 0 aliphatic rings. The van der Waals surface area contributed by atoms with Gasteiger partial charge in [-0.05, 0) is 89.9 Å². The number of aliphatic hydroxyl groups excluding tert-OH is 1. The van der Waals surface area contributed by atoms with E-state index in [2.05, 4.69) is 26.1 Å². The van der Waals surface area contributed by atoms with Gasteiger partial charge in [0.2, 0.25) is 0 Å². The first-order chi connectivity index (χ1) is 18.5. The Balaban J connectivity index is 0.00000588. The summed E-state index contributed by atoms with van der Waals surface area (Å²) in [6.45, 7) is 9.63. The van der Waals surface area contributed by atoms with Crippen molar-refractivity contribution in [1.82, 2.24) is 5.32 Å². The SMILES string of the molecule is Cc1cc(OC(CC(C)(C)C)c2ccc(C(=O)NC[C@H](O)C(=O)O)cc2)cc(C)c1-c1ccc(C(F)(F)F)cc1.[HH]. The summed E-state index contributed by atoms with van der Waals surface area (Å²) in [6.07, 6.45) is -5.79. The zero-order chi connectivity index (χ0) is 29.8. The fourth-order valence-corrected chi connectivity index (χ4v) is 4.45. The molecule has 0 spiro atoms. The first kappa shape index (κ1) is 30.7. The van der Waals surface area contributed by atoms with E-state index in [-0.39, 0.29) is 12.9 Å². The average molecular weight is 560 g/mol. The van der Waals surface area contributed by atoms with Crippen LogP contribution in [0, 0.1) is 19.3 Å². The number of ether oxygens (including phenoxy) is 1. The molecule has 1 amide bonds. The maximum atomic E-state index is 13.0. The maximum absolute atomic E-state index is 13.0. The number of aliphatic hydroxyl groups is 1. The number of carboxylic acid groups (broad SMARTS) is 1. The van der Waals surface area contributed by atoms with Crippen LogP contribution in [-0.4, -0.2) is 34.7 Å². The normalized spacial score (nSPS) is 13.4. The molecule has 6 nitrogen and oxygen atoms in total. The number of halogens is 3. The summed E-state index contributed by atoms with van der Waals surface area (Å²) in [6, 6.07) is 15.6. The van der Waals surface area contributed by atoms with E-state index in [1.807, 2.05) is 26.0 Å². The Morgan fingerprint density at radius 3 is 1.98 bits per heavy atom. The number of carbonyl (C=O) groups is 2. The molecule has 0 saturated carbocycles. The van der Waals surface area contributed by atoms with Crippen molar-refractivity contribution in [2.24, 2.45) is 5.41 Å². The zero-order valence-electron chi connectivity index (χ0n) is 23.1. The third-order valence-corrected chi connectivity index (χ3v) is 6.37. The Morgan fingerprint density at radius 2 is 1.50 bits per heavy atom. The van der Waals surface area contributed by atoms with Crippen LogP contribution in [0.15, 0.2) is 60.7 Å². The molecule has 3 N–H and O–H groups in total. The maximum Gasteiger partial charge on any atom is 0.416 e. The second kappa shape index (κ2) is 12.1. The fourth-order valence-electron chi connectivity index (χ4n) is 4.45. The van der Waals surface area contributed by atoms with Gasteiger partial charge in [-0.2, -0.15) is 13.2 Å². The van der Waals surface area contributed by atoms with Crippen LogP contribution >= 0.6 is 0 Å². The van der Waals surface area contributed by atoms with Crippen LogP contribution in [0.3, 0.4) is 0 Å². The molecular formula is C31H36F3NO5. The van der Waals surface area contributed by atoms with Gasteiger partial charge in [-0.15, -0.1) is 0 Å². The highest BCUT2D eigenvalue weighted by Gasteiger charge is 2.30. The van der Waals surface area contributed by atoms with E-state index < -0.39 is 36.3 Å². The van der Waals surface area contributed by atoms with Gasteiger partial charge < -0.3 is 20.3 Å². The zero-order valence-corrected chi connectivity index (χ0v) is 23.1. The number of hydrogen-bond donors (Lipinski definition) is 3. The van der Waals surface area contributed by atoms with Crippen molar-refractivity contribution in [3.8, 4) is 16.9 Å². The van der Waals surface area contributed by atoms with Crippen LogP contribution < -0.4 is 10.1 Å². The lowest BCUT2D eigenvalue weighted by Crippen LogP contribution is -2.36. The Bertz CT molecular complexity index is 1330. The largest absolute Gasteiger partial charge is 0.486 e. The molecule has 3 rings (SSSR count). The smallest absolute Gasteiger partial charge is 0.416 e. The molecule has 0 fully saturated rings. The van der Waals surface area contributed by atoms with E-state index in [0.717, 1.165) is 34.4 Å². The highest BCUT2D eigenvalue weighted by atomic mass is 19.4. The molecular weight excluding hydrogens is 523 g/mol. The number of carboxylic acids is 1. The van der Waals surface area contributed by atoms with Gasteiger partial charge in [-0.25, -0.2) is 4.79 Å². The minimum absolute atomic E-state index is 0. The molecule has 9 heteroatoms. The van der Waals surface area contributed by atoms with Gasteiger partial charge in [-0.3, -0.25) is 4.79 Å². The number of rotatable bonds is 9. The number of nitrogens with one attached hydrogen (secondary N) is 1. The van der Waals surface area contributed by atoms with E-state index >= 15 is 0 Å². The van der Waals surface area contributed by atoms with Crippen molar-refractivity contribution in [3.05, 3.63) is 88.5 Å². The van der Waals surface area contributed by atoms with Crippen LogP contribution in [0.4, 0.5) is 13.2 Å². The van der Waals surface area contributed by atoms with Crippen LogP contribution in [-0.2, 0) is 11.0 Å². The first-order valence-corrected chi connectivity index (χ1v) is 12.8. The molecule has 216 valence electrons. The van der Waals surface area contributed by atoms with Crippen molar-refractivity contribution < 1.29 is 39.1 Å². The van der Waals surface area contributed by atoms with Crippen LogP contribution in [0.25, 0.3) is 11.1 Å². The lowest BCUT2D eigenvalue weighted by atomic mass is 9.86. The summed E-state index contributed by atoms with van der Waals surface area (Å²) in [5.74, 6) is -1.31. The van der Waals surface area contributed by atoms with Gasteiger partial charge in [0.1, 0.15) is 11.9 Å². The third kappa shape index (κ3) is 8.08. The second-order valence-electron chi connectivity index (χ2n) is 11.1. The molecule has 1 unspecified atom stereocenters. The minimum Gasteiger partial charge on any atom is -0.486 e. The molecule has 0 saturated heterocycles. The van der Waals surface area contributed by atoms with Crippen molar-refractivity contribution in [3.63, 3.8) is 0 Å². The molecule has 3 aromatic carbocycles. The molecule has 0 radical (unpaired) electrons. The molecule has 3 aromatic rings. The van der Waals surface area contributed by atoms with Crippen molar-refractivity contribution in [1.29, 1.82) is 0 Å². The summed E-state index contributed by atoms with van der Waals surface area (Å²) in [5.41, 5.74) is 3.60. The Hall–Kier alpha value is -3.85. The summed E-state index contributed by atoms with van der Waals surface area (Å²) in [7, 11) is 0. The highest BCUT2D eigenvalue weighted by Crippen LogP contribution is 2.37. The Morgan fingerprint density at radius 1 is 0.950 bits per heavy atom. The molecule has 40 heavy (non-hydrogen) atoms.